The van der Waals surface area contributed by atoms with Crippen molar-refractivity contribution in [3.63, 3.8) is 0 Å². The van der Waals surface area contributed by atoms with Crippen molar-refractivity contribution in [3.05, 3.63) is 35.9 Å². The van der Waals surface area contributed by atoms with Crippen molar-refractivity contribution in [1.82, 2.24) is 4.90 Å². The van der Waals surface area contributed by atoms with Gasteiger partial charge in [-0.15, -0.1) is 0 Å². The molecular formula is C17H27NO3. The van der Waals surface area contributed by atoms with Crippen molar-refractivity contribution in [2.24, 2.45) is 5.92 Å². The summed E-state index contributed by atoms with van der Waals surface area (Å²) in [6.07, 6.45) is 0. The highest BCUT2D eigenvalue weighted by Gasteiger charge is 2.20. The molecule has 0 heterocycles. The van der Waals surface area contributed by atoms with Gasteiger partial charge in [0.15, 0.2) is 0 Å². The third-order valence-corrected chi connectivity index (χ3v) is 3.45. The van der Waals surface area contributed by atoms with Crippen LogP contribution in [0.4, 0.5) is 0 Å². The summed E-state index contributed by atoms with van der Waals surface area (Å²) in [5.74, 6) is -0.296. The Kier molecular flexibility index (Phi) is 8.01. The highest BCUT2D eigenvalue weighted by atomic mass is 16.5. The van der Waals surface area contributed by atoms with Gasteiger partial charge in [0.1, 0.15) is 6.61 Å². The Morgan fingerprint density at radius 3 is 2.43 bits per heavy atom. The minimum absolute atomic E-state index is 0.145. The fourth-order valence-corrected chi connectivity index (χ4v) is 2.07. The molecule has 1 aromatic rings. The summed E-state index contributed by atoms with van der Waals surface area (Å²) in [5, 5.41) is 0. The van der Waals surface area contributed by atoms with Gasteiger partial charge >= 0.3 is 5.97 Å². The first-order valence-electron chi connectivity index (χ1n) is 7.48. The van der Waals surface area contributed by atoms with Gasteiger partial charge in [-0.3, -0.25) is 9.69 Å². The average Bonchev–Trinajstić information content (AvgIpc) is 2.49. The van der Waals surface area contributed by atoms with Gasteiger partial charge in [0.25, 0.3) is 0 Å². The SMILES string of the molecule is COCCN(CC(C)C(=O)OCc1ccccc1)C(C)C. The molecule has 0 aliphatic rings. The summed E-state index contributed by atoms with van der Waals surface area (Å²) in [7, 11) is 1.69. The van der Waals surface area contributed by atoms with E-state index < -0.39 is 0 Å². The van der Waals surface area contributed by atoms with Crippen molar-refractivity contribution < 1.29 is 14.3 Å². The van der Waals surface area contributed by atoms with Gasteiger partial charge in [-0.1, -0.05) is 37.3 Å². The normalized spacial score (nSPS) is 12.7. The van der Waals surface area contributed by atoms with E-state index >= 15 is 0 Å². The van der Waals surface area contributed by atoms with Crippen LogP contribution in [0.2, 0.25) is 0 Å². The van der Waals surface area contributed by atoms with Gasteiger partial charge in [0.2, 0.25) is 0 Å². The molecule has 1 unspecified atom stereocenters. The zero-order valence-corrected chi connectivity index (χ0v) is 13.5. The molecule has 0 aromatic heterocycles. The van der Waals surface area contributed by atoms with Crippen molar-refractivity contribution >= 4 is 5.97 Å². The summed E-state index contributed by atoms with van der Waals surface area (Å²) in [6.45, 7) is 8.68. The van der Waals surface area contributed by atoms with E-state index in [4.69, 9.17) is 9.47 Å². The maximum Gasteiger partial charge on any atom is 0.310 e. The van der Waals surface area contributed by atoms with Crippen molar-refractivity contribution in [2.45, 2.75) is 33.4 Å². The summed E-state index contributed by atoms with van der Waals surface area (Å²) >= 11 is 0. The van der Waals surface area contributed by atoms with Crippen LogP contribution in [-0.2, 0) is 20.9 Å². The Morgan fingerprint density at radius 1 is 1.19 bits per heavy atom. The van der Waals surface area contributed by atoms with Crippen molar-refractivity contribution in [2.75, 3.05) is 26.8 Å². The van der Waals surface area contributed by atoms with E-state index in [2.05, 4.69) is 18.7 Å². The fourth-order valence-electron chi connectivity index (χ4n) is 2.07. The molecule has 0 N–H and O–H groups in total. The maximum absolute atomic E-state index is 12.1. The third-order valence-electron chi connectivity index (χ3n) is 3.45. The molecule has 0 amide bonds. The molecule has 0 saturated heterocycles. The predicted octanol–water partition coefficient (Wildman–Crippen LogP) is 2.72. The Labute approximate surface area is 128 Å². The molecule has 0 spiro atoms. The van der Waals surface area contributed by atoms with Crippen LogP contribution in [0.5, 0.6) is 0 Å². The Bertz CT molecular complexity index is 406. The fraction of sp³-hybridized carbons (Fsp3) is 0.588. The number of benzene rings is 1. The van der Waals surface area contributed by atoms with Crippen molar-refractivity contribution in [1.29, 1.82) is 0 Å². The Balaban J connectivity index is 2.41. The molecule has 4 nitrogen and oxygen atoms in total. The standard InChI is InChI=1S/C17H27NO3/c1-14(2)18(10-11-20-4)12-15(3)17(19)21-13-16-8-6-5-7-9-16/h5-9,14-15H,10-13H2,1-4H3. The van der Waals surface area contributed by atoms with Crippen LogP contribution in [0.1, 0.15) is 26.3 Å². The van der Waals surface area contributed by atoms with Crippen LogP contribution in [-0.4, -0.2) is 43.7 Å². The number of methoxy groups -OCH3 is 1. The smallest absolute Gasteiger partial charge is 0.310 e. The van der Waals surface area contributed by atoms with E-state index in [-0.39, 0.29) is 11.9 Å². The first-order valence-corrected chi connectivity index (χ1v) is 7.48. The lowest BCUT2D eigenvalue weighted by molar-refractivity contribution is -0.150. The van der Waals surface area contributed by atoms with E-state index in [0.717, 1.165) is 12.1 Å². The van der Waals surface area contributed by atoms with Crippen LogP contribution >= 0.6 is 0 Å². The summed E-state index contributed by atoms with van der Waals surface area (Å²) in [5.41, 5.74) is 1.01. The first-order chi connectivity index (χ1) is 10.0. The lowest BCUT2D eigenvalue weighted by atomic mass is 10.1. The quantitative estimate of drug-likeness (QED) is 0.656. The molecule has 1 atom stereocenters. The minimum atomic E-state index is -0.151. The molecule has 0 saturated carbocycles. The topological polar surface area (TPSA) is 38.8 Å². The molecule has 4 heteroatoms. The summed E-state index contributed by atoms with van der Waals surface area (Å²) < 4.78 is 10.5. The van der Waals surface area contributed by atoms with Gasteiger partial charge in [0.05, 0.1) is 12.5 Å². The number of carbonyl (C=O) groups is 1. The van der Waals surface area contributed by atoms with E-state index in [1.54, 1.807) is 7.11 Å². The van der Waals surface area contributed by atoms with Gasteiger partial charge in [-0.25, -0.2) is 0 Å². The number of esters is 1. The van der Waals surface area contributed by atoms with Crippen LogP contribution in [0.15, 0.2) is 30.3 Å². The Morgan fingerprint density at radius 2 is 1.86 bits per heavy atom. The molecule has 1 rings (SSSR count). The Hall–Kier alpha value is -1.39. The van der Waals surface area contributed by atoms with E-state index in [0.29, 0.717) is 25.8 Å². The molecule has 21 heavy (non-hydrogen) atoms. The van der Waals surface area contributed by atoms with Crippen molar-refractivity contribution in [3.8, 4) is 0 Å². The van der Waals surface area contributed by atoms with Gasteiger partial charge < -0.3 is 9.47 Å². The molecule has 0 fully saturated rings. The molecule has 0 radical (unpaired) electrons. The lowest BCUT2D eigenvalue weighted by Crippen LogP contribution is -2.39. The van der Waals surface area contributed by atoms with Crippen LogP contribution in [0.3, 0.4) is 0 Å². The highest BCUT2D eigenvalue weighted by molar-refractivity contribution is 5.72. The van der Waals surface area contributed by atoms with E-state index in [1.807, 2.05) is 37.3 Å². The van der Waals surface area contributed by atoms with Gasteiger partial charge in [0, 0.05) is 26.2 Å². The van der Waals surface area contributed by atoms with Crippen LogP contribution in [0.25, 0.3) is 0 Å². The number of nitrogens with zero attached hydrogens (tertiary/aromatic N) is 1. The van der Waals surface area contributed by atoms with E-state index in [9.17, 15) is 4.79 Å². The zero-order chi connectivity index (χ0) is 15.7. The number of ether oxygens (including phenoxy) is 2. The minimum Gasteiger partial charge on any atom is -0.461 e. The average molecular weight is 293 g/mol. The lowest BCUT2D eigenvalue weighted by Gasteiger charge is -2.28. The third kappa shape index (κ3) is 6.74. The van der Waals surface area contributed by atoms with Crippen LogP contribution in [0, 0.1) is 5.92 Å². The van der Waals surface area contributed by atoms with E-state index in [1.165, 1.54) is 0 Å². The largest absolute Gasteiger partial charge is 0.461 e. The number of carbonyl (C=O) groups excluding carboxylic acids is 1. The van der Waals surface area contributed by atoms with Gasteiger partial charge in [-0.05, 0) is 19.4 Å². The van der Waals surface area contributed by atoms with Gasteiger partial charge in [-0.2, -0.15) is 0 Å². The second-order valence-corrected chi connectivity index (χ2v) is 5.58. The second-order valence-electron chi connectivity index (χ2n) is 5.58. The first kappa shape index (κ1) is 17.7. The molecule has 118 valence electrons. The molecule has 1 aromatic carbocycles. The molecule has 0 aliphatic carbocycles. The maximum atomic E-state index is 12.1. The summed E-state index contributed by atoms with van der Waals surface area (Å²) in [6, 6.07) is 10.1. The zero-order valence-electron chi connectivity index (χ0n) is 13.5. The number of hydrogen-bond donors (Lipinski definition) is 0. The highest BCUT2D eigenvalue weighted by Crippen LogP contribution is 2.09. The predicted molar refractivity (Wildman–Crippen MR) is 84.0 cm³/mol. The molecule has 0 bridgehead atoms. The summed E-state index contributed by atoms with van der Waals surface area (Å²) in [4.78, 5) is 14.3. The number of hydrogen-bond acceptors (Lipinski definition) is 4. The molecule has 0 aliphatic heterocycles. The van der Waals surface area contributed by atoms with Crippen LogP contribution < -0.4 is 0 Å². The second kappa shape index (κ2) is 9.53. The molecular weight excluding hydrogens is 266 g/mol. The monoisotopic (exact) mass is 293 g/mol. The number of rotatable bonds is 9.